The van der Waals surface area contributed by atoms with Crippen LogP contribution in [0, 0.1) is 12.8 Å². The number of nitrogens with one attached hydrogen (secondary N) is 1. The van der Waals surface area contributed by atoms with Crippen LogP contribution in [-0.4, -0.2) is 15.9 Å². The number of anilines is 2. The number of amides is 1. The van der Waals surface area contributed by atoms with Crippen molar-refractivity contribution in [3.8, 4) is 10.6 Å². The second kappa shape index (κ2) is 7.40. The maximum absolute atomic E-state index is 12.1. The molecule has 1 aliphatic rings. The largest absolute Gasteiger partial charge is 0.375 e. The highest BCUT2D eigenvalue weighted by atomic mass is 32.1. The van der Waals surface area contributed by atoms with E-state index in [1.165, 1.54) is 54.8 Å². The number of aryl methyl sites for hydroxylation is 1. The van der Waals surface area contributed by atoms with E-state index >= 15 is 0 Å². The lowest BCUT2D eigenvalue weighted by Crippen LogP contribution is -2.14. The molecule has 0 bridgehead atoms. The van der Waals surface area contributed by atoms with Crippen molar-refractivity contribution < 1.29 is 4.79 Å². The topological polar surface area (TPSA) is 80.9 Å². The van der Waals surface area contributed by atoms with Crippen LogP contribution in [0.1, 0.15) is 50.6 Å². The highest BCUT2D eigenvalue weighted by molar-refractivity contribution is 7.19. The van der Waals surface area contributed by atoms with Gasteiger partial charge in [-0.3, -0.25) is 4.79 Å². The van der Waals surface area contributed by atoms with Gasteiger partial charge in [-0.2, -0.15) is 0 Å². The van der Waals surface area contributed by atoms with E-state index in [1.54, 1.807) is 0 Å². The molecule has 1 saturated carbocycles. The second-order valence-electron chi connectivity index (χ2n) is 6.10. The van der Waals surface area contributed by atoms with E-state index in [9.17, 15) is 4.79 Å². The molecule has 0 unspecified atom stereocenters. The third-order valence-electron chi connectivity index (χ3n) is 4.30. The van der Waals surface area contributed by atoms with Crippen molar-refractivity contribution >= 4 is 38.8 Å². The van der Waals surface area contributed by atoms with Crippen molar-refractivity contribution in [1.29, 1.82) is 0 Å². The number of hydrogen-bond donors (Lipinski definition) is 2. The first-order valence-corrected chi connectivity index (χ1v) is 9.80. The molecule has 0 saturated heterocycles. The van der Waals surface area contributed by atoms with Crippen molar-refractivity contribution in [3.63, 3.8) is 0 Å². The lowest BCUT2D eigenvalue weighted by atomic mass is 9.86. The minimum atomic E-state index is 0.0636. The second-order valence-corrected chi connectivity index (χ2v) is 7.98. The molecule has 2 aromatic rings. The number of nitrogens with zero attached hydrogens (tertiary/aromatic N) is 2. The van der Waals surface area contributed by atoms with Crippen molar-refractivity contribution in [3.05, 3.63) is 11.1 Å². The summed E-state index contributed by atoms with van der Waals surface area (Å²) in [7, 11) is 0. The Morgan fingerprint density at radius 1 is 1.35 bits per heavy atom. The first-order valence-electron chi connectivity index (χ1n) is 8.10. The fourth-order valence-corrected chi connectivity index (χ4v) is 4.64. The van der Waals surface area contributed by atoms with Gasteiger partial charge in [0.05, 0.1) is 16.3 Å². The number of aromatic nitrogens is 2. The number of carbonyl (C=O) groups excluding carboxylic acids is 1. The van der Waals surface area contributed by atoms with Gasteiger partial charge in [-0.05, 0) is 19.3 Å². The van der Waals surface area contributed by atoms with Gasteiger partial charge in [0.2, 0.25) is 5.91 Å². The minimum Gasteiger partial charge on any atom is -0.375 e. The van der Waals surface area contributed by atoms with Crippen molar-refractivity contribution in [2.24, 2.45) is 5.92 Å². The molecule has 2 heterocycles. The smallest absolute Gasteiger partial charge is 0.226 e. The molecular formula is C16H22N4OS2. The van der Waals surface area contributed by atoms with Crippen LogP contribution in [0.15, 0.2) is 5.38 Å². The molecule has 3 rings (SSSR count). The zero-order valence-electron chi connectivity index (χ0n) is 13.3. The Morgan fingerprint density at radius 2 is 2.13 bits per heavy atom. The number of carbonyl (C=O) groups is 1. The summed E-state index contributed by atoms with van der Waals surface area (Å²) in [6.45, 7) is 1.93. The van der Waals surface area contributed by atoms with E-state index in [-0.39, 0.29) is 5.91 Å². The lowest BCUT2D eigenvalue weighted by molar-refractivity contribution is -0.116. The Labute approximate surface area is 144 Å². The predicted molar refractivity (Wildman–Crippen MR) is 96.8 cm³/mol. The summed E-state index contributed by atoms with van der Waals surface area (Å²) in [6, 6.07) is 0. The predicted octanol–water partition coefficient (Wildman–Crippen LogP) is 4.46. The van der Waals surface area contributed by atoms with E-state index in [4.69, 9.17) is 5.73 Å². The van der Waals surface area contributed by atoms with Gasteiger partial charge in [-0.1, -0.05) is 43.4 Å². The number of nitrogen functional groups attached to an aromatic ring is 1. The van der Waals surface area contributed by atoms with Gasteiger partial charge >= 0.3 is 0 Å². The lowest BCUT2D eigenvalue weighted by Gasteiger charge is -2.20. The average Bonchev–Trinajstić information content (AvgIpc) is 3.12. The van der Waals surface area contributed by atoms with Gasteiger partial charge < -0.3 is 11.1 Å². The van der Waals surface area contributed by atoms with Crippen LogP contribution in [0.25, 0.3) is 10.6 Å². The molecule has 5 nitrogen and oxygen atoms in total. The van der Waals surface area contributed by atoms with Crippen LogP contribution in [0.5, 0.6) is 0 Å². The van der Waals surface area contributed by atoms with E-state index in [0.717, 1.165) is 28.6 Å². The Bertz CT molecular complexity index is 673. The molecule has 2 aromatic heterocycles. The van der Waals surface area contributed by atoms with Crippen LogP contribution >= 0.6 is 22.7 Å². The zero-order chi connectivity index (χ0) is 16.2. The third kappa shape index (κ3) is 4.29. The molecule has 0 atom stereocenters. The van der Waals surface area contributed by atoms with Gasteiger partial charge in [-0.15, -0.1) is 11.3 Å². The van der Waals surface area contributed by atoms with Gasteiger partial charge in [0, 0.05) is 11.8 Å². The number of thiazole rings is 2. The number of hydrogen-bond acceptors (Lipinski definition) is 6. The summed E-state index contributed by atoms with van der Waals surface area (Å²) in [4.78, 5) is 21.8. The molecule has 0 radical (unpaired) electrons. The Balaban J connectivity index is 1.56. The molecule has 1 amide bonds. The zero-order valence-corrected chi connectivity index (χ0v) is 14.9. The summed E-state index contributed by atoms with van der Waals surface area (Å²) in [5, 5.41) is 6.05. The van der Waals surface area contributed by atoms with E-state index in [2.05, 4.69) is 15.3 Å². The first-order chi connectivity index (χ1) is 11.1. The standard InChI is InChI=1S/C16H22N4OS2/c1-10-14(12-9-22-15(17)19-12)23-16(18-10)20-13(21)8-7-11-5-3-2-4-6-11/h9,11H,2-8H2,1H3,(H2,17,19)(H,18,20,21). The van der Waals surface area contributed by atoms with Crippen molar-refractivity contribution in [2.45, 2.75) is 51.9 Å². The van der Waals surface area contributed by atoms with Crippen molar-refractivity contribution in [1.82, 2.24) is 9.97 Å². The summed E-state index contributed by atoms with van der Waals surface area (Å²) in [5.74, 6) is 0.787. The summed E-state index contributed by atoms with van der Waals surface area (Å²) < 4.78 is 0. The average molecular weight is 351 g/mol. The molecule has 1 fully saturated rings. The van der Waals surface area contributed by atoms with Crippen molar-refractivity contribution in [2.75, 3.05) is 11.1 Å². The summed E-state index contributed by atoms with van der Waals surface area (Å²) in [5.41, 5.74) is 7.40. The quantitative estimate of drug-likeness (QED) is 0.834. The van der Waals surface area contributed by atoms with Gasteiger partial charge in [0.15, 0.2) is 10.3 Å². The van der Waals surface area contributed by atoms with Gasteiger partial charge in [-0.25, -0.2) is 9.97 Å². The maximum atomic E-state index is 12.1. The van der Waals surface area contributed by atoms with Crippen LogP contribution < -0.4 is 11.1 Å². The van der Waals surface area contributed by atoms with Crippen LogP contribution in [0.4, 0.5) is 10.3 Å². The van der Waals surface area contributed by atoms with E-state index in [0.29, 0.717) is 16.7 Å². The first kappa shape index (κ1) is 16.4. The SMILES string of the molecule is Cc1nc(NC(=O)CCC2CCCCC2)sc1-c1csc(N)n1. The molecule has 0 aliphatic heterocycles. The highest BCUT2D eigenvalue weighted by Crippen LogP contribution is 2.34. The fraction of sp³-hybridized carbons (Fsp3) is 0.562. The van der Waals surface area contributed by atoms with Crippen LogP contribution in [0.3, 0.4) is 0 Å². The van der Waals surface area contributed by atoms with E-state index in [1.807, 2.05) is 12.3 Å². The molecule has 0 aromatic carbocycles. The van der Waals surface area contributed by atoms with Crippen LogP contribution in [0.2, 0.25) is 0 Å². The third-order valence-corrected chi connectivity index (χ3v) is 6.07. The Morgan fingerprint density at radius 3 is 2.83 bits per heavy atom. The number of nitrogens with two attached hydrogens (primary N) is 1. The molecule has 7 heteroatoms. The molecule has 1 aliphatic carbocycles. The van der Waals surface area contributed by atoms with Gasteiger partial charge in [0.1, 0.15) is 0 Å². The molecule has 23 heavy (non-hydrogen) atoms. The summed E-state index contributed by atoms with van der Waals surface area (Å²) in [6.07, 6.45) is 8.12. The number of rotatable bonds is 5. The highest BCUT2D eigenvalue weighted by Gasteiger charge is 2.17. The maximum Gasteiger partial charge on any atom is 0.226 e. The van der Waals surface area contributed by atoms with E-state index < -0.39 is 0 Å². The minimum absolute atomic E-state index is 0.0636. The Hall–Kier alpha value is -1.47. The summed E-state index contributed by atoms with van der Waals surface area (Å²) >= 11 is 2.87. The molecule has 0 spiro atoms. The van der Waals surface area contributed by atoms with Crippen LogP contribution in [-0.2, 0) is 4.79 Å². The Kier molecular flexibility index (Phi) is 5.27. The monoisotopic (exact) mass is 350 g/mol. The molecular weight excluding hydrogens is 328 g/mol. The molecule has 124 valence electrons. The normalized spacial score (nSPS) is 15.7. The fourth-order valence-electron chi connectivity index (χ4n) is 3.07. The molecule has 3 N–H and O–H groups in total. The van der Waals surface area contributed by atoms with Gasteiger partial charge in [0.25, 0.3) is 0 Å².